The van der Waals surface area contributed by atoms with Gasteiger partial charge in [-0.2, -0.15) is 13.2 Å². The molecule has 0 spiro atoms. The molecule has 26 heavy (non-hydrogen) atoms. The van der Waals surface area contributed by atoms with Crippen molar-refractivity contribution in [2.24, 2.45) is 0 Å². The topological polar surface area (TPSA) is 93.0 Å². The van der Waals surface area contributed by atoms with Crippen molar-refractivity contribution >= 4 is 40.7 Å². The number of benzene rings is 2. The average molecular weight is 382 g/mol. The third kappa shape index (κ3) is 3.16. The van der Waals surface area contributed by atoms with Crippen molar-refractivity contribution in [1.29, 1.82) is 0 Å². The SMILES string of the molecule is O=C(Nc1ccccc1C(F)(F)F)n1c(=S)[nH]c2cc([N+](=O)[O-])ccc21. The van der Waals surface area contributed by atoms with Crippen LogP contribution in [0.3, 0.4) is 0 Å². The molecule has 0 radical (unpaired) electrons. The number of rotatable bonds is 2. The second kappa shape index (κ2) is 6.26. The summed E-state index contributed by atoms with van der Waals surface area (Å²) < 4.78 is 40.0. The van der Waals surface area contributed by atoms with E-state index in [1.165, 1.54) is 30.3 Å². The number of anilines is 1. The number of H-pyrrole nitrogens is 1. The van der Waals surface area contributed by atoms with Crippen LogP contribution in [0.5, 0.6) is 0 Å². The molecular weight excluding hydrogens is 373 g/mol. The molecule has 0 bridgehead atoms. The number of halogens is 3. The van der Waals surface area contributed by atoms with Crippen molar-refractivity contribution in [2.45, 2.75) is 6.18 Å². The molecule has 0 saturated heterocycles. The maximum atomic E-state index is 13.0. The van der Waals surface area contributed by atoms with Gasteiger partial charge in [0.05, 0.1) is 27.2 Å². The van der Waals surface area contributed by atoms with E-state index in [2.05, 4.69) is 10.3 Å². The Hall–Kier alpha value is -3.21. The first-order valence-corrected chi connectivity index (χ1v) is 7.46. The predicted octanol–water partition coefficient (Wildman–Crippen LogP) is 4.71. The van der Waals surface area contributed by atoms with Gasteiger partial charge in [-0.05, 0) is 30.4 Å². The van der Waals surface area contributed by atoms with Gasteiger partial charge >= 0.3 is 12.2 Å². The number of aromatic amines is 1. The number of aromatic nitrogens is 2. The summed E-state index contributed by atoms with van der Waals surface area (Å²) in [5, 5.41) is 13.0. The highest BCUT2D eigenvalue weighted by Gasteiger charge is 2.33. The lowest BCUT2D eigenvalue weighted by molar-refractivity contribution is -0.384. The van der Waals surface area contributed by atoms with Crippen LogP contribution < -0.4 is 5.32 Å². The zero-order chi connectivity index (χ0) is 19.1. The van der Waals surface area contributed by atoms with E-state index in [1.54, 1.807) is 0 Å². The number of non-ortho nitro benzene ring substituents is 1. The molecule has 2 aromatic carbocycles. The highest BCUT2D eigenvalue weighted by Crippen LogP contribution is 2.34. The van der Waals surface area contributed by atoms with Gasteiger partial charge < -0.3 is 10.3 Å². The van der Waals surface area contributed by atoms with Gasteiger partial charge in [-0.15, -0.1) is 0 Å². The predicted molar refractivity (Wildman–Crippen MR) is 89.6 cm³/mol. The summed E-state index contributed by atoms with van der Waals surface area (Å²) in [5.74, 6) is 0. The van der Waals surface area contributed by atoms with Crippen LogP contribution >= 0.6 is 12.2 Å². The number of para-hydroxylation sites is 1. The van der Waals surface area contributed by atoms with E-state index in [4.69, 9.17) is 12.2 Å². The van der Waals surface area contributed by atoms with E-state index in [-0.39, 0.29) is 21.5 Å². The van der Waals surface area contributed by atoms with Crippen molar-refractivity contribution in [3.63, 3.8) is 0 Å². The number of hydrogen-bond acceptors (Lipinski definition) is 4. The smallest absolute Gasteiger partial charge is 0.330 e. The molecule has 0 aliphatic carbocycles. The van der Waals surface area contributed by atoms with Gasteiger partial charge in [-0.25, -0.2) is 9.36 Å². The minimum atomic E-state index is -4.65. The Labute approximate surface area is 148 Å². The Bertz CT molecular complexity index is 1090. The second-order valence-electron chi connectivity index (χ2n) is 5.20. The molecule has 1 amide bonds. The second-order valence-corrected chi connectivity index (χ2v) is 5.58. The molecule has 0 atom stereocenters. The Morgan fingerprint density at radius 3 is 2.58 bits per heavy atom. The van der Waals surface area contributed by atoms with Crippen LogP contribution in [0, 0.1) is 14.9 Å². The van der Waals surface area contributed by atoms with Crippen molar-refractivity contribution in [3.8, 4) is 0 Å². The quantitative estimate of drug-likeness (QED) is 0.381. The summed E-state index contributed by atoms with van der Waals surface area (Å²) in [6.45, 7) is 0. The molecule has 1 aromatic heterocycles. The number of carbonyl (C=O) groups is 1. The fourth-order valence-corrected chi connectivity index (χ4v) is 2.72. The third-order valence-corrected chi connectivity index (χ3v) is 3.84. The van der Waals surface area contributed by atoms with Crippen LogP contribution in [0.2, 0.25) is 0 Å². The minimum absolute atomic E-state index is 0.109. The van der Waals surface area contributed by atoms with Crippen LogP contribution in [0.4, 0.5) is 29.3 Å². The summed E-state index contributed by atoms with van der Waals surface area (Å²) >= 11 is 5.02. The van der Waals surface area contributed by atoms with Gasteiger partial charge in [-0.1, -0.05) is 12.1 Å². The molecule has 3 rings (SSSR count). The number of carbonyl (C=O) groups excluding carboxylic acids is 1. The number of nitrogens with one attached hydrogen (secondary N) is 2. The molecule has 2 N–H and O–H groups in total. The molecule has 0 aliphatic rings. The summed E-state index contributed by atoms with van der Waals surface area (Å²) in [5.41, 5.74) is -1.24. The molecule has 11 heteroatoms. The number of imidazole rings is 1. The molecule has 3 aromatic rings. The van der Waals surface area contributed by atoms with Crippen molar-refractivity contribution in [2.75, 3.05) is 5.32 Å². The maximum Gasteiger partial charge on any atom is 0.418 e. The van der Waals surface area contributed by atoms with E-state index in [0.717, 1.165) is 16.7 Å². The molecule has 7 nitrogen and oxygen atoms in total. The fraction of sp³-hybridized carbons (Fsp3) is 0.0667. The van der Waals surface area contributed by atoms with Crippen molar-refractivity contribution in [1.82, 2.24) is 9.55 Å². The first-order chi connectivity index (χ1) is 12.2. The zero-order valence-corrected chi connectivity index (χ0v) is 13.5. The summed E-state index contributed by atoms with van der Waals surface area (Å²) in [6.07, 6.45) is -4.65. The molecular formula is C15H9F3N4O3S. The monoisotopic (exact) mass is 382 g/mol. The molecule has 0 unspecified atom stereocenters. The van der Waals surface area contributed by atoms with Crippen molar-refractivity contribution in [3.05, 3.63) is 62.9 Å². The normalized spacial score (nSPS) is 11.5. The van der Waals surface area contributed by atoms with Crippen LogP contribution in [0.15, 0.2) is 42.5 Å². The Morgan fingerprint density at radius 2 is 1.92 bits per heavy atom. The highest BCUT2D eigenvalue weighted by atomic mass is 32.1. The van der Waals surface area contributed by atoms with Crippen LogP contribution in [-0.4, -0.2) is 20.5 Å². The molecule has 1 heterocycles. The van der Waals surface area contributed by atoms with Crippen LogP contribution in [0.25, 0.3) is 11.0 Å². The van der Waals surface area contributed by atoms with E-state index in [0.29, 0.717) is 0 Å². The molecule has 0 fully saturated rings. The summed E-state index contributed by atoms with van der Waals surface area (Å²) in [4.78, 5) is 25.3. The number of fused-ring (bicyclic) bond motifs is 1. The van der Waals surface area contributed by atoms with E-state index < -0.39 is 28.4 Å². The number of nitro benzene ring substituents is 1. The van der Waals surface area contributed by atoms with Crippen LogP contribution in [0.1, 0.15) is 5.56 Å². The third-order valence-electron chi connectivity index (χ3n) is 3.55. The van der Waals surface area contributed by atoms with Crippen LogP contribution in [-0.2, 0) is 6.18 Å². The van der Waals surface area contributed by atoms with Gasteiger partial charge in [0.15, 0.2) is 4.77 Å². The summed E-state index contributed by atoms with van der Waals surface area (Å²) in [7, 11) is 0. The first kappa shape index (κ1) is 17.6. The van der Waals surface area contributed by atoms with Crippen molar-refractivity contribution < 1.29 is 22.9 Å². The molecule has 0 saturated carbocycles. The van der Waals surface area contributed by atoms with E-state index in [1.807, 2.05) is 0 Å². The van der Waals surface area contributed by atoms with E-state index >= 15 is 0 Å². The average Bonchev–Trinajstić information content (AvgIpc) is 2.89. The zero-order valence-electron chi connectivity index (χ0n) is 12.7. The summed E-state index contributed by atoms with van der Waals surface area (Å²) in [6, 6.07) is 7.22. The van der Waals surface area contributed by atoms with Gasteiger partial charge in [0.25, 0.3) is 5.69 Å². The largest absolute Gasteiger partial charge is 0.418 e. The number of nitrogens with zero attached hydrogens (tertiary/aromatic N) is 2. The molecule has 134 valence electrons. The lowest BCUT2D eigenvalue weighted by Crippen LogP contribution is -2.21. The van der Waals surface area contributed by atoms with Gasteiger partial charge in [-0.3, -0.25) is 10.1 Å². The Balaban J connectivity index is 2.03. The van der Waals surface area contributed by atoms with Gasteiger partial charge in [0.2, 0.25) is 0 Å². The number of hydrogen-bond donors (Lipinski definition) is 2. The Kier molecular flexibility index (Phi) is 4.24. The van der Waals surface area contributed by atoms with Gasteiger partial charge in [0.1, 0.15) is 0 Å². The van der Waals surface area contributed by atoms with E-state index in [9.17, 15) is 28.1 Å². The highest BCUT2D eigenvalue weighted by molar-refractivity contribution is 7.71. The first-order valence-electron chi connectivity index (χ1n) is 7.05. The standard InChI is InChI=1S/C15H9F3N4O3S/c16-15(17,18)9-3-1-2-4-10(9)19-13(23)21-12-6-5-8(22(24)25)7-11(12)20-14(21)26/h1-7H,(H,19,23)(H,20,26). The lowest BCUT2D eigenvalue weighted by atomic mass is 10.1. The number of nitro groups is 1. The Morgan fingerprint density at radius 1 is 1.23 bits per heavy atom. The lowest BCUT2D eigenvalue weighted by Gasteiger charge is -2.13. The fourth-order valence-electron chi connectivity index (χ4n) is 2.43. The number of alkyl halides is 3. The minimum Gasteiger partial charge on any atom is -0.330 e. The number of amides is 1. The molecule has 0 aliphatic heterocycles. The maximum absolute atomic E-state index is 13.0. The van der Waals surface area contributed by atoms with Gasteiger partial charge in [0, 0.05) is 12.1 Å².